The number of amides is 1. The van der Waals surface area contributed by atoms with E-state index in [4.69, 9.17) is 0 Å². The lowest BCUT2D eigenvalue weighted by molar-refractivity contribution is -0.137. The number of nitrogens with zero attached hydrogens (tertiary/aromatic N) is 1. The molecule has 3 aromatic carbocycles. The highest BCUT2D eigenvalue weighted by Gasteiger charge is 2.31. The molecule has 0 aliphatic heterocycles. The minimum atomic E-state index is -4.50. The number of nitrogens with one attached hydrogen (secondary N) is 1. The molecule has 3 aromatic rings. The molecule has 138 valence electrons. The topological polar surface area (TPSA) is 32.3 Å². The molecular formula is C21H17F3N2O. The number of halogens is 3. The van der Waals surface area contributed by atoms with Gasteiger partial charge in [0.2, 0.25) is 0 Å². The van der Waals surface area contributed by atoms with Crippen molar-refractivity contribution in [3.63, 3.8) is 0 Å². The van der Waals surface area contributed by atoms with Crippen LogP contribution in [0.15, 0.2) is 78.9 Å². The maximum absolute atomic E-state index is 13.2. The molecule has 0 spiro atoms. The largest absolute Gasteiger partial charge is 0.416 e. The summed E-state index contributed by atoms with van der Waals surface area (Å²) in [5.41, 5.74) is 0.871. The van der Waals surface area contributed by atoms with Crippen LogP contribution in [0.1, 0.15) is 15.9 Å². The second kappa shape index (κ2) is 7.53. The van der Waals surface area contributed by atoms with Crippen LogP contribution in [0.25, 0.3) is 0 Å². The molecule has 1 amide bonds. The highest BCUT2D eigenvalue weighted by Crippen LogP contribution is 2.37. The first-order chi connectivity index (χ1) is 12.9. The first-order valence-corrected chi connectivity index (χ1v) is 8.22. The first kappa shape index (κ1) is 18.5. The summed E-state index contributed by atoms with van der Waals surface area (Å²) in [6, 6.07) is 20.8. The van der Waals surface area contributed by atoms with Gasteiger partial charge < -0.3 is 10.2 Å². The van der Waals surface area contributed by atoms with Gasteiger partial charge in [-0.3, -0.25) is 4.79 Å². The maximum Gasteiger partial charge on any atom is 0.416 e. The molecule has 0 saturated carbocycles. The average Bonchev–Trinajstić information content (AvgIpc) is 2.68. The van der Waals surface area contributed by atoms with Gasteiger partial charge >= 0.3 is 6.18 Å². The van der Waals surface area contributed by atoms with Crippen LogP contribution in [0, 0.1) is 0 Å². The molecule has 0 radical (unpaired) electrons. The summed E-state index contributed by atoms with van der Waals surface area (Å²) < 4.78 is 39.5. The molecule has 0 fully saturated rings. The van der Waals surface area contributed by atoms with Crippen molar-refractivity contribution in [3.05, 3.63) is 90.0 Å². The average molecular weight is 370 g/mol. The van der Waals surface area contributed by atoms with Crippen LogP contribution in [0.2, 0.25) is 0 Å². The Bertz CT molecular complexity index is 925. The summed E-state index contributed by atoms with van der Waals surface area (Å²) in [7, 11) is 1.73. The molecule has 27 heavy (non-hydrogen) atoms. The standard InChI is InChI=1S/C21H17F3N2O/c1-26(17-10-6-3-7-11-17)19-13-12-16(21(22,23)24)14-18(19)25-20(27)15-8-4-2-5-9-15/h2-14H,1H3,(H,25,27). The molecule has 0 aliphatic rings. The van der Waals surface area contributed by atoms with Crippen molar-refractivity contribution in [2.24, 2.45) is 0 Å². The third kappa shape index (κ3) is 4.28. The van der Waals surface area contributed by atoms with E-state index in [0.29, 0.717) is 11.3 Å². The molecule has 1 N–H and O–H groups in total. The van der Waals surface area contributed by atoms with Gasteiger partial charge in [0.05, 0.1) is 16.9 Å². The Kier molecular flexibility index (Phi) is 5.16. The number of benzene rings is 3. The van der Waals surface area contributed by atoms with Crippen molar-refractivity contribution in [2.75, 3.05) is 17.3 Å². The van der Waals surface area contributed by atoms with Crippen molar-refractivity contribution < 1.29 is 18.0 Å². The summed E-state index contributed by atoms with van der Waals surface area (Å²) in [6.45, 7) is 0. The van der Waals surface area contributed by atoms with Crippen LogP contribution in [-0.4, -0.2) is 13.0 Å². The minimum Gasteiger partial charge on any atom is -0.343 e. The van der Waals surface area contributed by atoms with Gasteiger partial charge in [0, 0.05) is 18.3 Å². The highest BCUT2D eigenvalue weighted by molar-refractivity contribution is 6.06. The zero-order valence-electron chi connectivity index (χ0n) is 14.5. The van der Waals surface area contributed by atoms with Crippen molar-refractivity contribution in [3.8, 4) is 0 Å². The van der Waals surface area contributed by atoms with Crippen molar-refractivity contribution in [2.45, 2.75) is 6.18 Å². The predicted molar refractivity (Wildman–Crippen MR) is 100 cm³/mol. The number of alkyl halides is 3. The summed E-state index contributed by atoms with van der Waals surface area (Å²) in [6.07, 6.45) is -4.50. The second-order valence-corrected chi connectivity index (χ2v) is 5.94. The monoisotopic (exact) mass is 370 g/mol. The third-order valence-electron chi connectivity index (χ3n) is 4.11. The van der Waals surface area contributed by atoms with Crippen LogP contribution in [-0.2, 0) is 6.18 Å². The fourth-order valence-electron chi connectivity index (χ4n) is 2.68. The lowest BCUT2D eigenvalue weighted by Gasteiger charge is -2.24. The third-order valence-corrected chi connectivity index (χ3v) is 4.11. The van der Waals surface area contributed by atoms with E-state index < -0.39 is 17.6 Å². The van der Waals surface area contributed by atoms with Crippen LogP contribution in [0.4, 0.5) is 30.2 Å². The van der Waals surface area contributed by atoms with Crippen LogP contribution >= 0.6 is 0 Å². The minimum absolute atomic E-state index is 0.0880. The SMILES string of the molecule is CN(c1ccccc1)c1ccc(C(F)(F)F)cc1NC(=O)c1ccccc1. The number of para-hydroxylation sites is 1. The molecular weight excluding hydrogens is 353 g/mol. The molecule has 0 heterocycles. The maximum atomic E-state index is 13.2. The molecule has 0 saturated heterocycles. The van der Waals surface area contributed by atoms with E-state index in [1.807, 2.05) is 30.3 Å². The highest BCUT2D eigenvalue weighted by atomic mass is 19.4. The quantitative estimate of drug-likeness (QED) is 0.636. The van der Waals surface area contributed by atoms with Crippen LogP contribution in [0.3, 0.4) is 0 Å². The fourth-order valence-corrected chi connectivity index (χ4v) is 2.68. The zero-order chi connectivity index (χ0) is 19.4. The Hall–Kier alpha value is -3.28. The molecule has 3 nitrogen and oxygen atoms in total. The van der Waals surface area contributed by atoms with Gasteiger partial charge in [-0.05, 0) is 42.5 Å². The van der Waals surface area contributed by atoms with Crippen LogP contribution in [0.5, 0.6) is 0 Å². The normalized spacial score (nSPS) is 11.1. The zero-order valence-corrected chi connectivity index (χ0v) is 14.5. The number of hydrogen-bond donors (Lipinski definition) is 1. The molecule has 0 unspecified atom stereocenters. The van der Waals surface area contributed by atoms with Gasteiger partial charge in [-0.1, -0.05) is 36.4 Å². The van der Waals surface area contributed by atoms with E-state index in [1.54, 1.807) is 42.3 Å². The first-order valence-electron chi connectivity index (χ1n) is 8.22. The van der Waals surface area contributed by atoms with E-state index in [1.165, 1.54) is 6.07 Å². The van der Waals surface area contributed by atoms with E-state index >= 15 is 0 Å². The van der Waals surface area contributed by atoms with Gasteiger partial charge in [0.15, 0.2) is 0 Å². The molecule has 0 aromatic heterocycles. The smallest absolute Gasteiger partial charge is 0.343 e. The van der Waals surface area contributed by atoms with E-state index in [0.717, 1.165) is 17.8 Å². The lowest BCUT2D eigenvalue weighted by Crippen LogP contribution is -2.18. The summed E-state index contributed by atoms with van der Waals surface area (Å²) in [5, 5.41) is 2.61. The molecule has 0 atom stereocenters. The summed E-state index contributed by atoms with van der Waals surface area (Å²) in [5.74, 6) is -0.474. The molecule has 6 heteroatoms. The van der Waals surface area contributed by atoms with E-state index in [9.17, 15) is 18.0 Å². The van der Waals surface area contributed by atoms with Crippen molar-refractivity contribution in [1.29, 1.82) is 0 Å². The van der Waals surface area contributed by atoms with Crippen molar-refractivity contribution >= 4 is 23.0 Å². The van der Waals surface area contributed by atoms with Gasteiger partial charge in [-0.25, -0.2) is 0 Å². The molecule has 0 bridgehead atoms. The predicted octanol–water partition coefficient (Wildman–Crippen LogP) is 5.73. The van der Waals surface area contributed by atoms with Crippen molar-refractivity contribution in [1.82, 2.24) is 0 Å². The molecule has 0 aliphatic carbocycles. The lowest BCUT2D eigenvalue weighted by atomic mass is 10.1. The number of hydrogen-bond acceptors (Lipinski definition) is 2. The van der Waals surface area contributed by atoms with Crippen LogP contribution < -0.4 is 10.2 Å². The van der Waals surface area contributed by atoms with Gasteiger partial charge in [0.1, 0.15) is 0 Å². The summed E-state index contributed by atoms with van der Waals surface area (Å²) >= 11 is 0. The fraction of sp³-hybridized carbons (Fsp3) is 0.0952. The Labute approximate surface area is 155 Å². The Morgan fingerprint density at radius 3 is 2.07 bits per heavy atom. The second-order valence-electron chi connectivity index (χ2n) is 5.94. The van der Waals surface area contributed by atoms with E-state index in [2.05, 4.69) is 5.32 Å². The number of carbonyl (C=O) groups is 1. The summed E-state index contributed by atoms with van der Waals surface area (Å²) in [4.78, 5) is 14.2. The Morgan fingerprint density at radius 2 is 1.48 bits per heavy atom. The van der Waals surface area contributed by atoms with Gasteiger partial charge in [0.25, 0.3) is 5.91 Å². The van der Waals surface area contributed by atoms with E-state index in [-0.39, 0.29) is 5.69 Å². The molecule has 3 rings (SSSR count). The Morgan fingerprint density at radius 1 is 0.889 bits per heavy atom. The number of anilines is 3. The number of rotatable bonds is 4. The number of carbonyl (C=O) groups excluding carboxylic acids is 1. The van der Waals surface area contributed by atoms with Gasteiger partial charge in [-0.15, -0.1) is 0 Å². The Balaban J connectivity index is 2.01. The van der Waals surface area contributed by atoms with Gasteiger partial charge in [-0.2, -0.15) is 13.2 Å².